The van der Waals surface area contributed by atoms with E-state index in [1.54, 1.807) is 13.0 Å². The van der Waals surface area contributed by atoms with Gasteiger partial charge in [0.05, 0.1) is 23.7 Å². The zero-order valence-electron chi connectivity index (χ0n) is 17.6. The van der Waals surface area contributed by atoms with Crippen LogP contribution in [-0.2, 0) is 19.3 Å². The molecule has 4 heterocycles. The minimum absolute atomic E-state index is 0.0833. The summed E-state index contributed by atoms with van der Waals surface area (Å²) in [5, 5.41) is 6.37. The predicted octanol–water partition coefficient (Wildman–Crippen LogP) is 4.29. The number of aromatic nitrogens is 5. The molecule has 0 atom stereocenters. The maximum Gasteiger partial charge on any atom is 0.435 e. The SMILES string of the molecule is CCOc1ncc(Cn2cc(C(=O)NCc3cnc4[nH]cc(Cl)cc3-4)c(C(F)(F)F)n2)cc1F. The highest BCUT2D eigenvalue weighted by Gasteiger charge is 2.39. The molecule has 4 rings (SSSR count). The Labute approximate surface area is 195 Å². The third-order valence-electron chi connectivity index (χ3n) is 4.78. The van der Waals surface area contributed by atoms with Crippen molar-refractivity contribution in [1.82, 2.24) is 30.0 Å². The van der Waals surface area contributed by atoms with Gasteiger partial charge < -0.3 is 15.0 Å². The second-order valence-electron chi connectivity index (χ2n) is 7.20. The first kappa shape index (κ1) is 23.5. The third-order valence-corrected chi connectivity index (χ3v) is 5.00. The van der Waals surface area contributed by atoms with Crippen LogP contribution in [0.25, 0.3) is 11.4 Å². The summed E-state index contributed by atoms with van der Waals surface area (Å²) in [7, 11) is 0. The number of halogens is 5. The fraction of sp³-hybridized carbons (Fsp3) is 0.238. The van der Waals surface area contributed by atoms with Gasteiger partial charge in [0.1, 0.15) is 5.82 Å². The molecule has 34 heavy (non-hydrogen) atoms. The van der Waals surface area contributed by atoms with Crippen LogP contribution in [0.3, 0.4) is 0 Å². The number of ether oxygens (including phenoxy) is 1. The van der Waals surface area contributed by atoms with E-state index in [4.69, 9.17) is 16.3 Å². The summed E-state index contributed by atoms with van der Waals surface area (Å²) in [6, 6.07) is 2.72. The number of alkyl halides is 3. The summed E-state index contributed by atoms with van der Waals surface area (Å²) in [6.07, 6.45) is 0.364. The summed E-state index contributed by atoms with van der Waals surface area (Å²) in [6.45, 7) is 1.55. The molecule has 2 aliphatic heterocycles. The van der Waals surface area contributed by atoms with Crippen LogP contribution in [0.2, 0.25) is 5.02 Å². The summed E-state index contributed by atoms with van der Waals surface area (Å²) >= 11 is 5.96. The van der Waals surface area contributed by atoms with Gasteiger partial charge in [0.25, 0.3) is 5.91 Å². The van der Waals surface area contributed by atoms with Gasteiger partial charge in [-0.1, -0.05) is 11.6 Å². The Morgan fingerprint density at radius 3 is 2.76 bits per heavy atom. The summed E-state index contributed by atoms with van der Waals surface area (Å²) in [5.41, 5.74) is -0.582. The first-order chi connectivity index (χ1) is 16.2. The van der Waals surface area contributed by atoms with Gasteiger partial charge in [0.2, 0.25) is 5.88 Å². The number of nitrogens with zero attached hydrogens (tertiary/aromatic N) is 4. The minimum atomic E-state index is -4.88. The standard InChI is InChI=1S/C21H17ClF4N6O2/c1-2-34-20-16(23)3-11(5-30-20)9-32-10-15(17(31-32)21(24,25)26)19(33)29-7-12-6-27-18-14(12)4-13(22)8-28-18/h3-6,8,10H,2,7,9H2,1H3,(H,27,28)(H,29,33). The highest BCUT2D eigenvalue weighted by molar-refractivity contribution is 6.30. The highest BCUT2D eigenvalue weighted by atomic mass is 35.5. The number of hydrogen-bond donors (Lipinski definition) is 2. The van der Waals surface area contributed by atoms with E-state index in [2.05, 4.69) is 25.4 Å². The van der Waals surface area contributed by atoms with Gasteiger partial charge in [-0.15, -0.1) is 0 Å². The molecular formula is C21H17ClF4N6O2. The maximum absolute atomic E-state index is 14.0. The minimum Gasteiger partial charge on any atom is -0.476 e. The molecule has 2 N–H and O–H groups in total. The lowest BCUT2D eigenvalue weighted by Crippen LogP contribution is -2.25. The Bertz CT molecular complexity index is 1300. The van der Waals surface area contributed by atoms with Gasteiger partial charge in [0, 0.05) is 42.5 Å². The Balaban J connectivity index is 1.54. The Morgan fingerprint density at radius 2 is 2.06 bits per heavy atom. The molecular weight excluding hydrogens is 480 g/mol. The van der Waals surface area contributed by atoms with Crippen LogP contribution < -0.4 is 10.1 Å². The molecule has 0 spiro atoms. The molecule has 0 radical (unpaired) electrons. The van der Waals surface area contributed by atoms with Gasteiger partial charge >= 0.3 is 6.18 Å². The zero-order valence-corrected chi connectivity index (χ0v) is 18.3. The Hall–Kier alpha value is -3.67. The highest BCUT2D eigenvalue weighted by Crippen LogP contribution is 2.31. The van der Waals surface area contributed by atoms with E-state index in [9.17, 15) is 22.4 Å². The lowest BCUT2D eigenvalue weighted by molar-refractivity contribution is -0.141. The molecule has 2 aromatic heterocycles. The summed E-state index contributed by atoms with van der Waals surface area (Å²) < 4.78 is 60.6. The van der Waals surface area contributed by atoms with Crippen LogP contribution in [-0.4, -0.2) is 37.2 Å². The average Bonchev–Trinajstić information content (AvgIpc) is 3.38. The molecule has 0 saturated heterocycles. The van der Waals surface area contributed by atoms with Gasteiger partial charge in [-0.2, -0.15) is 18.3 Å². The average molecular weight is 497 g/mol. The molecule has 2 aliphatic rings. The quantitative estimate of drug-likeness (QED) is 0.372. The van der Waals surface area contributed by atoms with Crippen LogP contribution in [0.5, 0.6) is 5.88 Å². The van der Waals surface area contributed by atoms with Crippen LogP contribution in [0.1, 0.15) is 34.1 Å². The zero-order chi connectivity index (χ0) is 24.5. The number of pyridine rings is 2. The molecule has 1 amide bonds. The van der Waals surface area contributed by atoms with E-state index in [0.717, 1.165) is 16.9 Å². The number of rotatable bonds is 7. The number of carbonyl (C=O) groups is 1. The van der Waals surface area contributed by atoms with Crippen molar-refractivity contribution >= 4 is 17.5 Å². The number of aromatic amines is 1. The van der Waals surface area contributed by atoms with Crippen LogP contribution in [0, 0.1) is 5.82 Å². The van der Waals surface area contributed by atoms with Crippen molar-refractivity contribution in [2.45, 2.75) is 26.2 Å². The predicted molar refractivity (Wildman–Crippen MR) is 113 cm³/mol. The number of carbonyl (C=O) groups excluding carboxylic acids is 1. The number of fused-ring (bicyclic) bond motifs is 1. The third kappa shape index (κ3) is 4.96. The number of H-pyrrole nitrogens is 1. The second-order valence-corrected chi connectivity index (χ2v) is 7.63. The fourth-order valence-corrected chi connectivity index (χ4v) is 3.46. The molecule has 13 heteroatoms. The van der Waals surface area contributed by atoms with Crippen molar-refractivity contribution < 1.29 is 27.1 Å². The number of hydrogen-bond acceptors (Lipinski definition) is 5. The van der Waals surface area contributed by atoms with Crippen molar-refractivity contribution in [2.24, 2.45) is 0 Å². The Morgan fingerprint density at radius 1 is 1.26 bits per heavy atom. The van der Waals surface area contributed by atoms with E-state index in [0.29, 0.717) is 22.0 Å². The lowest BCUT2D eigenvalue weighted by Gasteiger charge is -2.08. The van der Waals surface area contributed by atoms with Gasteiger partial charge in [-0.05, 0) is 24.6 Å². The van der Waals surface area contributed by atoms with E-state index in [1.165, 1.54) is 18.6 Å². The monoisotopic (exact) mass is 496 g/mol. The number of nitrogens with one attached hydrogen (secondary N) is 2. The van der Waals surface area contributed by atoms with Crippen molar-refractivity contribution in [3.63, 3.8) is 0 Å². The topological polar surface area (TPSA) is 97.7 Å². The maximum atomic E-state index is 14.0. The van der Waals surface area contributed by atoms with Crippen LogP contribution >= 0.6 is 11.6 Å². The van der Waals surface area contributed by atoms with E-state index < -0.39 is 29.2 Å². The molecule has 0 aliphatic carbocycles. The molecule has 0 aromatic carbocycles. The summed E-state index contributed by atoms with van der Waals surface area (Å²) in [4.78, 5) is 23.5. The lowest BCUT2D eigenvalue weighted by atomic mass is 10.1. The van der Waals surface area contributed by atoms with Gasteiger partial charge in [-0.25, -0.2) is 14.4 Å². The molecule has 0 unspecified atom stereocenters. The fourth-order valence-electron chi connectivity index (χ4n) is 3.30. The number of amides is 1. The van der Waals surface area contributed by atoms with Crippen molar-refractivity contribution in [1.29, 1.82) is 0 Å². The molecule has 0 bridgehead atoms. The molecule has 8 nitrogen and oxygen atoms in total. The molecule has 2 aromatic rings. The van der Waals surface area contributed by atoms with Crippen molar-refractivity contribution in [2.75, 3.05) is 6.61 Å². The van der Waals surface area contributed by atoms with Crippen molar-refractivity contribution in [3.05, 3.63) is 70.1 Å². The van der Waals surface area contributed by atoms with Crippen LogP contribution in [0.15, 0.2) is 36.9 Å². The Kier molecular flexibility index (Phi) is 6.42. The normalized spacial score (nSPS) is 11.7. The van der Waals surface area contributed by atoms with Gasteiger partial charge in [0.15, 0.2) is 11.5 Å². The second kappa shape index (κ2) is 9.29. The van der Waals surface area contributed by atoms with Gasteiger partial charge in [-0.3, -0.25) is 9.48 Å². The molecule has 178 valence electrons. The van der Waals surface area contributed by atoms with E-state index in [-0.39, 0.29) is 31.1 Å². The van der Waals surface area contributed by atoms with E-state index >= 15 is 0 Å². The van der Waals surface area contributed by atoms with Crippen molar-refractivity contribution in [3.8, 4) is 17.3 Å². The largest absolute Gasteiger partial charge is 0.476 e. The summed E-state index contributed by atoms with van der Waals surface area (Å²) in [5.74, 6) is -1.42. The smallest absolute Gasteiger partial charge is 0.435 e. The molecule has 0 fully saturated rings. The first-order valence-corrected chi connectivity index (χ1v) is 10.3. The first-order valence-electron chi connectivity index (χ1n) is 9.97. The molecule has 0 saturated carbocycles. The van der Waals surface area contributed by atoms with E-state index in [1.807, 2.05) is 0 Å². The van der Waals surface area contributed by atoms with Crippen LogP contribution in [0.4, 0.5) is 17.6 Å².